The summed E-state index contributed by atoms with van der Waals surface area (Å²) in [7, 11) is -3.05. The van der Waals surface area contributed by atoms with Crippen LogP contribution in [0.15, 0.2) is 29.3 Å². The number of benzene rings is 1. The Bertz CT molecular complexity index is 735. The Morgan fingerprint density at radius 1 is 1.33 bits per heavy atom. The molecule has 2 rings (SSSR count). The molecule has 1 fully saturated rings. The number of nitrogens with one attached hydrogen (secondary N) is 1. The van der Waals surface area contributed by atoms with Gasteiger partial charge in [-0.3, -0.25) is 4.99 Å². The van der Waals surface area contributed by atoms with E-state index in [1.165, 1.54) is 0 Å². The zero-order chi connectivity index (χ0) is 19.2. The van der Waals surface area contributed by atoms with Gasteiger partial charge in [-0.15, -0.1) is 24.0 Å². The number of halogens is 1. The van der Waals surface area contributed by atoms with Crippen molar-refractivity contribution in [2.24, 2.45) is 4.99 Å². The maximum atomic E-state index is 12.2. The third kappa shape index (κ3) is 6.51. The van der Waals surface area contributed by atoms with Gasteiger partial charge in [0, 0.05) is 32.6 Å². The molecule has 1 aromatic carbocycles. The number of hydrogen-bond donors (Lipinski definition) is 1. The van der Waals surface area contributed by atoms with Crippen molar-refractivity contribution >= 4 is 39.8 Å². The molecule has 1 heterocycles. The molecule has 0 amide bonds. The second-order valence-corrected chi connectivity index (χ2v) is 9.95. The van der Waals surface area contributed by atoms with Crippen LogP contribution in [0.5, 0.6) is 5.75 Å². The van der Waals surface area contributed by atoms with Crippen LogP contribution in [0.3, 0.4) is 0 Å². The highest BCUT2D eigenvalue weighted by Crippen LogP contribution is 2.23. The van der Waals surface area contributed by atoms with Crippen molar-refractivity contribution in [1.82, 2.24) is 10.2 Å². The first-order chi connectivity index (χ1) is 12.3. The molecule has 0 radical (unpaired) electrons. The molecule has 0 aromatic heterocycles. The first-order valence-corrected chi connectivity index (χ1v) is 10.9. The molecule has 27 heavy (non-hydrogen) atoms. The van der Waals surface area contributed by atoms with Crippen molar-refractivity contribution < 1.29 is 13.2 Å². The Labute approximate surface area is 180 Å². The number of ether oxygens (including phenoxy) is 1. The molecule has 154 valence electrons. The number of guanidine groups is 1. The first-order valence-electron chi connectivity index (χ1n) is 9.21. The average molecular weight is 509 g/mol. The number of aliphatic imine (C=N–C) groups is 1. The summed E-state index contributed by atoms with van der Waals surface area (Å²) >= 11 is 0. The summed E-state index contributed by atoms with van der Waals surface area (Å²) < 4.78 is 29.4. The van der Waals surface area contributed by atoms with E-state index in [9.17, 15) is 8.42 Å². The van der Waals surface area contributed by atoms with Crippen molar-refractivity contribution in [2.45, 2.75) is 38.9 Å². The lowest BCUT2D eigenvalue weighted by atomic mass is 10.2. The standard InChI is InChI=1S/C19H31N3O3S.HI/c1-5-20-18(22-12-14-26(23,24)19(3,4)15-22)21-11-8-13-25-17-10-7-6-9-16(17)2;/h6-7,9-10H,5,8,11-15H2,1-4H3,(H,20,21);1H. The van der Waals surface area contributed by atoms with Crippen molar-refractivity contribution in [3.63, 3.8) is 0 Å². The zero-order valence-electron chi connectivity index (χ0n) is 16.7. The Kier molecular flexibility index (Phi) is 9.33. The van der Waals surface area contributed by atoms with Gasteiger partial charge in [0.25, 0.3) is 0 Å². The van der Waals surface area contributed by atoms with Gasteiger partial charge >= 0.3 is 0 Å². The molecule has 1 aromatic rings. The summed E-state index contributed by atoms with van der Waals surface area (Å²) in [5.41, 5.74) is 1.13. The maximum absolute atomic E-state index is 12.2. The summed E-state index contributed by atoms with van der Waals surface area (Å²) in [6, 6.07) is 7.97. The van der Waals surface area contributed by atoms with Crippen LogP contribution in [0.4, 0.5) is 0 Å². The summed E-state index contributed by atoms with van der Waals surface area (Å²) in [6.45, 7) is 10.6. The number of hydrogen-bond acceptors (Lipinski definition) is 4. The van der Waals surface area contributed by atoms with Crippen LogP contribution in [0, 0.1) is 6.92 Å². The van der Waals surface area contributed by atoms with Crippen molar-refractivity contribution in [1.29, 1.82) is 0 Å². The molecule has 1 N–H and O–H groups in total. The fourth-order valence-corrected chi connectivity index (χ4v) is 4.27. The Morgan fingerprint density at radius 3 is 2.67 bits per heavy atom. The lowest BCUT2D eigenvalue weighted by molar-refractivity contribution is 0.310. The fourth-order valence-electron chi connectivity index (χ4n) is 2.90. The van der Waals surface area contributed by atoms with E-state index in [-0.39, 0.29) is 29.7 Å². The van der Waals surface area contributed by atoms with E-state index in [1.54, 1.807) is 13.8 Å². The lowest BCUT2D eigenvalue weighted by Gasteiger charge is -2.39. The monoisotopic (exact) mass is 509 g/mol. The number of rotatable bonds is 6. The molecule has 6 nitrogen and oxygen atoms in total. The summed E-state index contributed by atoms with van der Waals surface area (Å²) in [6.07, 6.45) is 0.804. The normalized spacial score (nSPS) is 18.5. The van der Waals surface area contributed by atoms with E-state index in [0.717, 1.165) is 30.2 Å². The summed E-state index contributed by atoms with van der Waals surface area (Å²) in [5, 5.41) is 3.28. The largest absolute Gasteiger partial charge is 0.493 e. The Hall–Kier alpha value is -1.03. The van der Waals surface area contributed by atoms with Crippen LogP contribution in [0.2, 0.25) is 0 Å². The molecular formula is C19H32IN3O3S. The zero-order valence-corrected chi connectivity index (χ0v) is 19.8. The summed E-state index contributed by atoms with van der Waals surface area (Å²) in [4.78, 5) is 6.71. The molecule has 1 saturated heterocycles. The van der Waals surface area contributed by atoms with E-state index in [2.05, 4.69) is 10.3 Å². The minimum Gasteiger partial charge on any atom is -0.493 e. The smallest absolute Gasteiger partial charge is 0.193 e. The number of nitrogens with zero attached hydrogens (tertiary/aromatic N) is 2. The van der Waals surface area contributed by atoms with Gasteiger partial charge in [-0.1, -0.05) is 18.2 Å². The summed E-state index contributed by atoms with van der Waals surface area (Å²) in [5.74, 6) is 1.86. The third-order valence-electron chi connectivity index (χ3n) is 4.59. The lowest BCUT2D eigenvalue weighted by Crippen LogP contribution is -2.57. The molecule has 0 spiro atoms. The van der Waals surface area contributed by atoms with Gasteiger partial charge in [0.05, 0.1) is 17.1 Å². The highest BCUT2D eigenvalue weighted by atomic mass is 127. The number of para-hydroxylation sites is 1. The van der Waals surface area contributed by atoms with E-state index in [4.69, 9.17) is 4.74 Å². The fraction of sp³-hybridized carbons (Fsp3) is 0.632. The predicted octanol–water partition coefficient (Wildman–Crippen LogP) is 2.86. The molecule has 1 aliphatic rings. The second kappa shape index (κ2) is 10.5. The van der Waals surface area contributed by atoms with Gasteiger partial charge in [0.1, 0.15) is 5.75 Å². The van der Waals surface area contributed by atoms with Crippen LogP contribution in [0.25, 0.3) is 0 Å². The van der Waals surface area contributed by atoms with E-state index in [0.29, 0.717) is 26.2 Å². The first kappa shape index (κ1) is 24.0. The molecule has 0 unspecified atom stereocenters. The average Bonchev–Trinajstić information content (AvgIpc) is 2.58. The second-order valence-electron chi connectivity index (χ2n) is 7.20. The minimum absolute atomic E-state index is 0. The van der Waals surface area contributed by atoms with Gasteiger partial charge in [-0.05, 0) is 39.3 Å². The van der Waals surface area contributed by atoms with Crippen LogP contribution in [0.1, 0.15) is 32.8 Å². The van der Waals surface area contributed by atoms with Gasteiger partial charge < -0.3 is 15.0 Å². The molecule has 0 saturated carbocycles. The van der Waals surface area contributed by atoms with E-state index < -0.39 is 14.6 Å². The SMILES string of the molecule is CCNC(=NCCCOc1ccccc1C)N1CCS(=O)(=O)C(C)(C)C1.I. The Balaban J connectivity index is 0.00000364. The molecule has 0 bridgehead atoms. The predicted molar refractivity (Wildman–Crippen MR) is 122 cm³/mol. The van der Waals surface area contributed by atoms with Crippen LogP contribution < -0.4 is 10.1 Å². The van der Waals surface area contributed by atoms with E-state index >= 15 is 0 Å². The topological polar surface area (TPSA) is 71.0 Å². The van der Waals surface area contributed by atoms with E-state index in [1.807, 2.05) is 43.0 Å². The highest BCUT2D eigenvalue weighted by molar-refractivity contribution is 14.0. The van der Waals surface area contributed by atoms with Crippen molar-refractivity contribution in [3.8, 4) is 5.75 Å². The minimum atomic E-state index is -3.05. The quantitative estimate of drug-likeness (QED) is 0.277. The van der Waals surface area contributed by atoms with Gasteiger partial charge in [0.2, 0.25) is 0 Å². The van der Waals surface area contributed by atoms with Gasteiger partial charge in [-0.2, -0.15) is 0 Å². The molecular weight excluding hydrogens is 477 g/mol. The molecule has 0 aliphatic carbocycles. The molecule has 0 atom stereocenters. The van der Waals surface area contributed by atoms with Gasteiger partial charge in [0.15, 0.2) is 15.8 Å². The number of aryl methyl sites for hydroxylation is 1. The van der Waals surface area contributed by atoms with Crippen LogP contribution in [-0.2, 0) is 9.84 Å². The van der Waals surface area contributed by atoms with Crippen molar-refractivity contribution in [2.75, 3.05) is 38.5 Å². The van der Waals surface area contributed by atoms with Crippen molar-refractivity contribution in [3.05, 3.63) is 29.8 Å². The third-order valence-corrected chi connectivity index (χ3v) is 7.13. The molecule has 8 heteroatoms. The van der Waals surface area contributed by atoms with Crippen LogP contribution >= 0.6 is 24.0 Å². The maximum Gasteiger partial charge on any atom is 0.193 e. The molecule has 1 aliphatic heterocycles. The Morgan fingerprint density at radius 2 is 2.04 bits per heavy atom. The number of sulfone groups is 1. The van der Waals surface area contributed by atoms with Gasteiger partial charge in [-0.25, -0.2) is 8.42 Å². The highest BCUT2D eigenvalue weighted by Gasteiger charge is 2.40. The van der Waals surface area contributed by atoms with Crippen LogP contribution in [-0.4, -0.2) is 62.6 Å².